The average molecular weight is 364 g/mol. The summed E-state index contributed by atoms with van der Waals surface area (Å²) >= 11 is 12.0. The van der Waals surface area contributed by atoms with Crippen molar-refractivity contribution >= 4 is 34.8 Å². The second-order valence-corrected chi connectivity index (χ2v) is 6.07. The maximum absolute atomic E-state index is 13.7. The van der Waals surface area contributed by atoms with Crippen molar-refractivity contribution in [3.63, 3.8) is 0 Å². The van der Waals surface area contributed by atoms with Gasteiger partial charge in [0.2, 0.25) is 0 Å². The van der Waals surface area contributed by atoms with Crippen molar-refractivity contribution in [1.29, 1.82) is 0 Å². The topological polar surface area (TPSA) is 57.8 Å². The summed E-state index contributed by atoms with van der Waals surface area (Å²) in [5.74, 6) is -1.00. The molecule has 0 atom stereocenters. The summed E-state index contributed by atoms with van der Waals surface area (Å²) in [6.07, 6.45) is 0. The number of nitrogens with one attached hydrogen (secondary N) is 2. The van der Waals surface area contributed by atoms with Crippen molar-refractivity contribution in [1.82, 2.24) is 10.2 Å². The molecule has 0 aliphatic heterocycles. The number of aryl methyl sites for hydroxylation is 1. The van der Waals surface area contributed by atoms with Crippen molar-refractivity contribution in [2.75, 3.05) is 5.32 Å². The monoisotopic (exact) mass is 363 g/mol. The van der Waals surface area contributed by atoms with Crippen LogP contribution in [-0.2, 0) is 0 Å². The Morgan fingerprint density at radius 2 is 1.96 bits per heavy atom. The van der Waals surface area contributed by atoms with E-state index in [2.05, 4.69) is 15.5 Å². The van der Waals surface area contributed by atoms with Crippen LogP contribution in [0.5, 0.6) is 0 Å². The molecule has 3 rings (SSSR count). The van der Waals surface area contributed by atoms with E-state index in [9.17, 15) is 9.18 Å². The first kappa shape index (κ1) is 16.5. The van der Waals surface area contributed by atoms with Crippen molar-refractivity contribution in [3.05, 3.63) is 69.6 Å². The fraction of sp³-hybridized carbons (Fsp3) is 0.0588. The lowest BCUT2D eigenvalue weighted by atomic mass is 10.1. The predicted molar refractivity (Wildman–Crippen MR) is 93.1 cm³/mol. The summed E-state index contributed by atoms with van der Waals surface area (Å²) in [7, 11) is 0. The molecule has 0 bridgehead atoms. The van der Waals surface area contributed by atoms with Gasteiger partial charge in [0, 0.05) is 10.6 Å². The molecule has 1 aromatic heterocycles. The molecule has 0 fully saturated rings. The van der Waals surface area contributed by atoms with Crippen LogP contribution in [0, 0.1) is 12.7 Å². The lowest BCUT2D eigenvalue weighted by Crippen LogP contribution is -2.13. The Bertz CT molecular complexity index is 924. The lowest BCUT2D eigenvalue weighted by molar-refractivity contribution is 0.102. The number of carbonyl (C=O) groups excluding carboxylic acids is 1. The molecular formula is C17H12Cl2FN3O. The molecule has 0 radical (unpaired) electrons. The summed E-state index contributed by atoms with van der Waals surface area (Å²) in [6, 6.07) is 11.0. The Hall–Kier alpha value is -2.37. The molecule has 2 N–H and O–H groups in total. The van der Waals surface area contributed by atoms with Crippen molar-refractivity contribution < 1.29 is 9.18 Å². The van der Waals surface area contributed by atoms with E-state index in [-0.39, 0.29) is 11.4 Å². The van der Waals surface area contributed by atoms with E-state index < -0.39 is 11.7 Å². The Balaban J connectivity index is 1.85. The maximum Gasteiger partial charge on any atom is 0.273 e. The molecule has 0 aliphatic carbocycles. The number of H-pyrrole nitrogens is 1. The summed E-state index contributed by atoms with van der Waals surface area (Å²) in [6.45, 7) is 1.81. The number of aromatic nitrogens is 2. The summed E-state index contributed by atoms with van der Waals surface area (Å²) in [4.78, 5) is 12.3. The van der Waals surface area contributed by atoms with Gasteiger partial charge >= 0.3 is 0 Å². The number of hydrogen-bond acceptors (Lipinski definition) is 2. The van der Waals surface area contributed by atoms with Crippen LogP contribution in [0.4, 0.5) is 10.1 Å². The molecule has 122 valence electrons. The molecule has 7 heteroatoms. The molecule has 2 aromatic carbocycles. The van der Waals surface area contributed by atoms with Crippen LogP contribution in [-0.4, -0.2) is 16.1 Å². The first-order chi connectivity index (χ1) is 11.4. The normalized spacial score (nSPS) is 10.7. The number of carbonyl (C=O) groups is 1. The van der Waals surface area contributed by atoms with E-state index >= 15 is 0 Å². The minimum absolute atomic E-state index is 0.112. The number of rotatable bonds is 3. The number of hydrogen-bond donors (Lipinski definition) is 2. The number of halogens is 3. The third kappa shape index (κ3) is 3.42. The van der Waals surface area contributed by atoms with E-state index in [0.29, 0.717) is 21.3 Å². The molecule has 1 heterocycles. The molecule has 0 spiro atoms. The Morgan fingerprint density at radius 1 is 1.17 bits per heavy atom. The van der Waals surface area contributed by atoms with Crippen molar-refractivity contribution in [3.8, 4) is 11.3 Å². The van der Waals surface area contributed by atoms with E-state index in [0.717, 1.165) is 5.56 Å². The predicted octanol–water partition coefficient (Wildman–Crippen LogP) is 5.08. The summed E-state index contributed by atoms with van der Waals surface area (Å²) in [5, 5.41) is 10.1. The molecule has 0 saturated heterocycles. The Morgan fingerprint density at radius 3 is 2.71 bits per heavy atom. The fourth-order valence-electron chi connectivity index (χ4n) is 2.20. The number of benzene rings is 2. The van der Waals surface area contributed by atoms with Gasteiger partial charge in [-0.15, -0.1) is 0 Å². The third-order valence-corrected chi connectivity index (χ3v) is 3.95. The van der Waals surface area contributed by atoms with E-state index in [4.69, 9.17) is 23.2 Å². The largest absolute Gasteiger partial charge is 0.318 e. The zero-order valence-electron chi connectivity index (χ0n) is 12.5. The minimum atomic E-state index is -0.505. The van der Waals surface area contributed by atoms with Gasteiger partial charge in [0.15, 0.2) is 0 Å². The number of amides is 1. The van der Waals surface area contributed by atoms with Crippen LogP contribution >= 0.6 is 23.2 Å². The van der Waals surface area contributed by atoms with Crippen molar-refractivity contribution in [2.24, 2.45) is 0 Å². The van der Waals surface area contributed by atoms with Gasteiger partial charge in [-0.3, -0.25) is 9.89 Å². The average Bonchev–Trinajstić information content (AvgIpc) is 3.00. The zero-order chi connectivity index (χ0) is 17.3. The van der Waals surface area contributed by atoms with Gasteiger partial charge in [-0.1, -0.05) is 29.3 Å². The van der Waals surface area contributed by atoms with Gasteiger partial charge < -0.3 is 5.32 Å². The highest BCUT2D eigenvalue weighted by atomic mass is 35.5. The van der Waals surface area contributed by atoms with E-state index in [1.165, 1.54) is 12.1 Å². The van der Waals surface area contributed by atoms with Gasteiger partial charge in [-0.25, -0.2) is 4.39 Å². The molecule has 3 aromatic rings. The van der Waals surface area contributed by atoms with Crippen LogP contribution in [0.15, 0.2) is 42.5 Å². The van der Waals surface area contributed by atoms with Crippen LogP contribution in [0.1, 0.15) is 16.1 Å². The highest BCUT2D eigenvalue weighted by molar-refractivity contribution is 6.36. The first-order valence-electron chi connectivity index (χ1n) is 7.02. The second kappa shape index (κ2) is 6.63. The lowest BCUT2D eigenvalue weighted by Gasteiger charge is -2.05. The van der Waals surface area contributed by atoms with Gasteiger partial charge in [0.25, 0.3) is 5.91 Å². The molecular weight excluding hydrogens is 352 g/mol. The minimum Gasteiger partial charge on any atom is -0.318 e. The standard InChI is InChI=1S/C17H12Cl2FN3O/c1-9-2-5-13(20)15(6-9)21-17(24)16-8-14(22-23-16)11-4-3-10(18)7-12(11)19/h2-8H,1H3,(H,21,24)(H,22,23). The van der Waals surface area contributed by atoms with Crippen molar-refractivity contribution in [2.45, 2.75) is 6.92 Å². The van der Waals surface area contributed by atoms with Gasteiger partial charge in [0.05, 0.1) is 16.4 Å². The van der Waals surface area contributed by atoms with Crippen LogP contribution in [0.3, 0.4) is 0 Å². The maximum atomic E-state index is 13.7. The molecule has 0 aliphatic rings. The molecule has 0 unspecified atom stereocenters. The first-order valence-corrected chi connectivity index (χ1v) is 7.78. The smallest absolute Gasteiger partial charge is 0.273 e. The highest BCUT2D eigenvalue weighted by Gasteiger charge is 2.15. The third-order valence-electron chi connectivity index (χ3n) is 3.40. The molecule has 0 saturated carbocycles. The van der Waals surface area contributed by atoms with Crippen LogP contribution in [0.25, 0.3) is 11.3 Å². The number of nitrogens with zero attached hydrogens (tertiary/aromatic N) is 1. The second-order valence-electron chi connectivity index (χ2n) is 5.23. The number of anilines is 1. The van der Waals surface area contributed by atoms with E-state index in [1.54, 1.807) is 30.3 Å². The molecule has 1 amide bonds. The zero-order valence-corrected chi connectivity index (χ0v) is 14.0. The van der Waals surface area contributed by atoms with E-state index in [1.807, 2.05) is 6.92 Å². The quantitative estimate of drug-likeness (QED) is 0.681. The number of aromatic amines is 1. The summed E-state index contributed by atoms with van der Waals surface area (Å²) in [5.41, 5.74) is 2.27. The molecule has 4 nitrogen and oxygen atoms in total. The van der Waals surface area contributed by atoms with Gasteiger partial charge in [-0.05, 0) is 48.9 Å². The highest BCUT2D eigenvalue weighted by Crippen LogP contribution is 2.29. The summed E-state index contributed by atoms with van der Waals surface area (Å²) < 4.78 is 13.7. The molecule has 24 heavy (non-hydrogen) atoms. The van der Waals surface area contributed by atoms with Crippen LogP contribution in [0.2, 0.25) is 10.0 Å². The Labute approximate surface area is 147 Å². The van der Waals surface area contributed by atoms with Gasteiger partial charge in [-0.2, -0.15) is 5.10 Å². The van der Waals surface area contributed by atoms with Gasteiger partial charge in [0.1, 0.15) is 11.5 Å². The fourth-order valence-corrected chi connectivity index (χ4v) is 2.70. The Kier molecular flexibility index (Phi) is 4.55. The SMILES string of the molecule is Cc1ccc(F)c(NC(=O)c2cc(-c3ccc(Cl)cc3Cl)n[nH]2)c1. The van der Waals surface area contributed by atoms with Crippen LogP contribution < -0.4 is 5.32 Å².